The first-order chi connectivity index (χ1) is 10.5. The van der Waals surface area contributed by atoms with Gasteiger partial charge in [-0.05, 0) is 75.4 Å². The van der Waals surface area contributed by atoms with Crippen LogP contribution in [0.5, 0.6) is 5.75 Å². The van der Waals surface area contributed by atoms with Gasteiger partial charge in [-0.3, -0.25) is 9.69 Å². The fourth-order valence-corrected chi connectivity index (χ4v) is 3.14. The average molecular weight is 370 g/mol. The smallest absolute Gasteiger partial charge is 0.317 e. The van der Waals surface area contributed by atoms with Gasteiger partial charge in [-0.25, -0.2) is 0 Å². The number of likely N-dealkylation sites (tertiary alicyclic amines) is 1. The summed E-state index contributed by atoms with van der Waals surface area (Å²) in [5, 5.41) is 8.79. The lowest BCUT2D eigenvalue weighted by molar-refractivity contribution is -0.138. The zero-order valence-electron chi connectivity index (χ0n) is 13.1. The van der Waals surface area contributed by atoms with E-state index >= 15 is 0 Å². The van der Waals surface area contributed by atoms with E-state index in [4.69, 9.17) is 9.84 Å². The molecule has 0 bridgehead atoms. The number of piperidine rings is 1. The standard InChI is InChI=1S/C17H24BrNO3/c1-13-11-15(4-5-16(13)18)22-10-2-3-14-6-8-19(9-7-14)12-17(20)21/h4-5,11,14H,2-3,6-10,12H2,1H3,(H,20,21). The number of halogens is 1. The number of aryl methyl sites for hydroxylation is 1. The van der Waals surface area contributed by atoms with Crippen LogP contribution in [-0.2, 0) is 4.79 Å². The van der Waals surface area contributed by atoms with Crippen LogP contribution in [0, 0.1) is 12.8 Å². The lowest BCUT2D eigenvalue weighted by atomic mass is 9.92. The van der Waals surface area contributed by atoms with Gasteiger partial charge in [-0.2, -0.15) is 0 Å². The molecule has 5 heteroatoms. The molecule has 1 aromatic carbocycles. The SMILES string of the molecule is Cc1cc(OCCCC2CCN(CC(=O)O)CC2)ccc1Br. The van der Waals surface area contributed by atoms with E-state index in [-0.39, 0.29) is 6.54 Å². The van der Waals surface area contributed by atoms with Gasteiger partial charge in [-0.1, -0.05) is 15.9 Å². The molecule has 1 aromatic rings. The monoisotopic (exact) mass is 369 g/mol. The van der Waals surface area contributed by atoms with Crippen LogP contribution in [0.3, 0.4) is 0 Å². The number of rotatable bonds is 7. The van der Waals surface area contributed by atoms with Crippen LogP contribution in [0.15, 0.2) is 22.7 Å². The van der Waals surface area contributed by atoms with E-state index in [0.29, 0.717) is 5.92 Å². The minimum absolute atomic E-state index is 0.179. The molecule has 22 heavy (non-hydrogen) atoms. The highest BCUT2D eigenvalue weighted by atomic mass is 79.9. The van der Waals surface area contributed by atoms with E-state index in [9.17, 15) is 4.79 Å². The largest absolute Gasteiger partial charge is 0.494 e. The van der Waals surface area contributed by atoms with Crippen molar-refractivity contribution >= 4 is 21.9 Å². The van der Waals surface area contributed by atoms with E-state index < -0.39 is 5.97 Å². The van der Waals surface area contributed by atoms with Crippen LogP contribution in [0.25, 0.3) is 0 Å². The molecule has 2 rings (SSSR count). The summed E-state index contributed by atoms with van der Waals surface area (Å²) in [6.45, 7) is 4.80. The lowest BCUT2D eigenvalue weighted by Crippen LogP contribution is -2.37. The first-order valence-corrected chi connectivity index (χ1v) is 8.67. The van der Waals surface area contributed by atoms with Gasteiger partial charge in [-0.15, -0.1) is 0 Å². The van der Waals surface area contributed by atoms with Crippen molar-refractivity contribution in [1.82, 2.24) is 4.90 Å². The first-order valence-electron chi connectivity index (χ1n) is 7.87. The molecule has 0 aromatic heterocycles. The van der Waals surface area contributed by atoms with Crippen molar-refractivity contribution in [2.75, 3.05) is 26.2 Å². The van der Waals surface area contributed by atoms with E-state index in [2.05, 4.69) is 28.9 Å². The number of carboxylic acid groups (broad SMARTS) is 1. The Labute approximate surface area is 140 Å². The molecule has 0 amide bonds. The maximum absolute atomic E-state index is 10.7. The number of aliphatic carboxylic acids is 1. The molecule has 122 valence electrons. The van der Waals surface area contributed by atoms with Crippen LogP contribution in [-0.4, -0.2) is 42.2 Å². The molecule has 1 aliphatic rings. The zero-order chi connectivity index (χ0) is 15.9. The van der Waals surface area contributed by atoms with Crippen LogP contribution >= 0.6 is 15.9 Å². The molecule has 1 aliphatic heterocycles. The molecule has 1 N–H and O–H groups in total. The number of hydrogen-bond acceptors (Lipinski definition) is 3. The second kappa shape index (κ2) is 8.53. The number of carbonyl (C=O) groups is 1. The van der Waals surface area contributed by atoms with Gasteiger partial charge in [0.1, 0.15) is 5.75 Å². The Morgan fingerprint density at radius 2 is 2.14 bits per heavy atom. The molecular formula is C17H24BrNO3. The Hall–Kier alpha value is -1.07. The molecule has 0 aliphatic carbocycles. The van der Waals surface area contributed by atoms with Crippen molar-refractivity contribution in [3.8, 4) is 5.75 Å². The minimum Gasteiger partial charge on any atom is -0.494 e. The molecule has 1 fully saturated rings. The summed E-state index contributed by atoms with van der Waals surface area (Å²) in [5.74, 6) is 0.911. The van der Waals surface area contributed by atoms with Crippen LogP contribution in [0.2, 0.25) is 0 Å². The number of hydrogen-bond donors (Lipinski definition) is 1. The Bertz CT molecular complexity index is 499. The van der Waals surface area contributed by atoms with Gasteiger partial charge in [0, 0.05) is 4.47 Å². The highest BCUT2D eigenvalue weighted by molar-refractivity contribution is 9.10. The van der Waals surface area contributed by atoms with E-state index in [1.807, 2.05) is 17.0 Å². The molecule has 0 saturated carbocycles. The first kappa shape index (κ1) is 17.3. The molecule has 0 atom stereocenters. The third kappa shape index (κ3) is 5.61. The van der Waals surface area contributed by atoms with Crippen LogP contribution in [0.4, 0.5) is 0 Å². The zero-order valence-corrected chi connectivity index (χ0v) is 14.6. The van der Waals surface area contributed by atoms with Gasteiger partial charge < -0.3 is 9.84 Å². The summed E-state index contributed by atoms with van der Waals surface area (Å²) in [6, 6.07) is 6.05. The normalized spacial score (nSPS) is 16.6. The number of carboxylic acids is 1. The molecule has 4 nitrogen and oxygen atoms in total. The molecular weight excluding hydrogens is 346 g/mol. The third-order valence-electron chi connectivity index (χ3n) is 4.22. The van der Waals surface area contributed by atoms with Crippen molar-refractivity contribution < 1.29 is 14.6 Å². The predicted octanol–water partition coefficient (Wildman–Crippen LogP) is 3.71. The number of benzene rings is 1. The van der Waals surface area contributed by atoms with Gasteiger partial charge >= 0.3 is 5.97 Å². The highest BCUT2D eigenvalue weighted by Crippen LogP contribution is 2.24. The van der Waals surface area contributed by atoms with Crippen LogP contribution < -0.4 is 4.74 Å². The molecule has 1 saturated heterocycles. The summed E-state index contributed by atoms with van der Waals surface area (Å²) in [7, 11) is 0. The van der Waals surface area contributed by atoms with Crippen molar-refractivity contribution in [3.05, 3.63) is 28.2 Å². The Balaban J connectivity index is 1.61. The maximum Gasteiger partial charge on any atom is 0.317 e. The van der Waals surface area contributed by atoms with Gasteiger partial charge in [0.15, 0.2) is 0 Å². The average Bonchev–Trinajstić information content (AvgIpc) is 2.48. The Kier molecular flexibility index (Phi) is 6.70. The van der Waals surface area contributed by atoms with E-state index in [0.717, 1.165) is 55.6 Å². The Morgan fingerprint density at radius 3 is 2.77 bits per heavy atom. The minimum atomic E-state index is -0.725. The topological polar surface area (TPSA) is 49.8 Å². The second-order valence-electron chi connectivity index (χ2n) is 6.01. The van der Waals surface area contributed by atoms with Gasteiger partial charge in [0.2, 0.25) is 0 Å². The van der Waals surface area contributed by atoms with E-state index in [1.54, 1.807) is 0 Å². The van der Waals surface area contributed by atoms with Crippen molar-refractivity contribution in [3.63, 3.8) is 0 Å². The predicted molar refractivity (Wildman–Crippen MR) is 90.4 cm³/mol. The summed E-state index contributed by atoms with van der Waals surface area (Å²) in [6.07, 6.45) is 4.42. The summed E-state index contributed by atoms with van der Waals surface area (Å²) < 4.78 is 6.90. The van der Waals surface area contributed by atoms with Crippen molar-refractivity contribution in [2.24, 2.45) is 5.92 Å². The number of nitrogens with zero attached hydrogens (tertiary/aromatic N) is 1. The highest BCUT2D eigenvalue weighted by Gasteiger charge is 2.20. The summed E-state index contributed by atoms with van der Waals surface area (Å²) in [4.78, 5) is 12.7. The summed E-state index contributed by atoms with van der Waals surface area (Å²) in [5.41, 5.74) is 1.18. The summed E-state index contributed by atoms with van der Waals surface area (Å²) >= 11 is 3.49. The van der Waals surface area contributed by atoms with Crippen LogP contribution in [0.1, 0.15) is 31.2 Å². The van der Waals surface area contributed by atoms with Gasteiger partial charge in [0.05, 0.1) is 13.2 Å². The second-order valence-corrected chi connectivity index (χ2v) is 6.87. The van der Waals surface area contributed by atoms with Crippen molar-refractivity contribution in [2.45, 2.75) is 32.6 Å². The lowest BCUT2D eigenvalue weighted by Gasteiger charge is -2.30. The van der Waals surface area contributed by atoms with Gasteiger partial charge in [0.25, 0.3) is 0 Å². The third-order valence-corrected chi connectivity index (χ3v) is 5.11. The number of ether oxygens (including phenoxy) is 1. The van der Waals surface area contributed by atoms with E-state index in [1.165, 1.54) is 5.56 Å². The maximum atomic E-state index is 10.7. The molecule has 1 heterocycles. The molecule has 0 unspecified atom stereocenters. The Morgan fingerprint density at radius 1 is 1.41 bits per heavy atom. The molecule has 0 spiro atoms. The fourth-order valence-electron chi connectivity index (χ4n) is 2.89. The molecule has 0 radical (unpaired) electrons. The quantitative estimate of drug-likeness (QED) is 0.744. The van der Waals surface area contributed by atoms with Crippen molar-refractivity contribution in [1.29, 1.82) is 0 Å². The fraction of sp³-hybridized carbons (Fsp3) is 0.588.